The molecule has 1 fully saturated rings. The van der Waals surface area contributed by atoms with Crippen molar-refractivity contribution >= 4 is 40.5 Å². The number of aromatic nitrogens is 3. The number of halogens is 3. The summed E-state index contributed by atoms with van der Waals surface area (Å²) < 4.78 is 16.2. The van der Waals surface area contributed by atoms with Crippen molar-refractivity contribution in [1.29, 1.82) is 0 Å². The van der Waals surface area contributed by atoms with Gasteiger partial charge in [0.15, 0.2) is 10.6 Å². The predicted octanol–water partition coefficient (Wildman–Crippen LogP) is 6.02. The molecule has 5 rings (SSSR count). The number of alkyl halides is 2. The molecule has 3 heterocycles. The standard InChI is InChI=1S/C22H17Cl3N4O3/c23-15-2-1-3-17(29-8-10-30-11-9-29)19(15)16-12-18(31-27-16)13-4-6-14(7-5-13)21-26-22(20(24)25)32-28-21/h1-7,12,20H,8-11H2. The molecule has 164 valence electrons. The lowest BCUT2D eigenvalue weighted by atomic mass is 10.1. The minimum Gasteiger partial charge on any atom is -0.378 e. The monoisotopic (exact) mass is 490 g/mol. The van der Waals surface area contributed by atoms with Crippen LogP contribution in [0, 0.1) is 0 Å². The van der Waals surface area contributed by atoms with Crippen LogP contribution in [-0.4, -0.2) is 41.6 Å². The lowest BCUT2D eigenvalue weighted by molar-refractivity contribution is 0.123. The molecule has 32 heavy (non-hydrogen) atoms. The van der Waals surface area contributed by atoms with E-state index in [-0.39, 0.29) is 5.89 Å². The van der Waals surface area contributed by atoms with E-state index >= 15 is 0 Å². The van der Waals surface area contributed by atoms with E-state index in [1.165, 1.54) is 0 Å². The van der Waals surface area contributed by atoms with Gasteiger partial charge in [-0.15, -0.1) is 0 Å². The molecule has 0 unspecified atom stereocenters. The third kappa shape index (κ3) is 4.21. The molecule has 1 aliphatic rings. The second kappa shape index (κ2) is 9.11. The summed E-state index contributed by atoms with van der Waals surface area (Å²) in [7, 11) is 0. The van der Waals surface area contributed by atoms with E-state index in [1.807, 2.05) is 48.5 Å². The topological polar surface area (TPSA) is 77.4 Å². The largest absolute Gasteiger partial charge is 0.378 e. The Morgan fingerprint density at radius 2 is 1.66 bits per heavy atom. The first-order valence-corrected chi connectivity index (χ1v) is 11.2. The highest BCUT2D eigenvalue weighted by atomic mass is 35.5. The Kier molecular flexibility index (Phi) is 6.06. The Morgan fingerprint density at radius 3 is 2.38 bits per heavy atom. The summed E-state index contributed by atoms with van der Waals surface area (Å²) in [5.41, 5.74) is 4.15. The third-order valence-electron chi connectivity index (χ3n) is 5.17. The van der Waals surface area contributed by atoms with E-state index < -0.39 is 4.84 Å². The Bertz CT molecular complexity index is 1220. The van der Waals surface area contributed by atoms with Gasteiger partial charge >= 0.3 is 0 Å². The zero-order valence-corrected chi connectivity index (χ0v) is 18.9. The molecule has 2 aromatic carbocycles. The Labute approximate surface area is 198 Å². The molecular formula is C22H17Cl3N4O3. The van der Waals surface area contributed by atoms with E-state index in [0.717, 1.165) is 35.5 Å². The molecule has 1 aliphatic heterocycles. The summed E-state index contributed by atoms with van der Waals surface area (Å²) in [6.07, 6.45) is 0. The van der Waals surface area contributed by atoms with Crippen LogP contribution in [-0.2, 0) is 4.74 Å². The van der Waals surface area contributed by atoms with Gasteiger partial charge < -0.3 is 18.7 Å². The van der Waals surface area contributed by atoms with Crippen LogP contribution in [0.25, 0.3) is 34.0 Å². The first-order chi connectivity index (χ1) is 15.6. The molecule has 0 radical (unpaired) electrons. The Hall–Kier alpha value is -2.58. The third-order valence-corrected chi connectivity index (χ3v) is 5.85. The minimum absolute atomic E-state index is 0.156. The zero-order valence-electron chi connectivity index (χ0n) is 16.7. The van der Waals surface area contributed by atoms with E-state index in [0.29, 0.717) is 35.5 Å². The maximum absolute atomic E-state index is 6.57. The van der Waals surface area contributed by atoms with Crippen LogP contribution in [0.5, 0.6) is 0 Å². The molecule has 0 spiro atoms. The molecule has 0 bridgehead atoms. The van der Waals surface area contributed by atoms with Gasteiger partial charge in [-0.1, -0.05) is 75.4 Å². The van der Waals surface area contributed by atoms with Crippen LogP contribution in [0.2, 0.25) is 5.02 Å². The first kappa shape index (κ1) is 21.3. The number of nitrogens with zero attached hydrogens (tertiary/aromatic N) is 4. The second-order valence-corrected chi connectivity index (χ2v) is 8.65. The Balaban J connectivity index is 1.43. The fraction of sp³-hybridized carbons (Fsp3) is 0.227. The van der Waals surface area contributed by atoms with E-state index in [1.54, 1.807) is 0 Å². The van der Waals surface area contributed by atoms with Gasteiger partial charge in [-0.25, -0.2) is 0 Å². The average molecular weight is 492 g/mol. The van der Waals surface area contributed by atoms with Crippen molar-refractivity contribution in [3.05, 3.63) is 59.4 Å². The number of morpholine rings is 1. The second-order valence-electron chi connectivity index (χ2n) is 7.14. The number of rotatable bonds is 5. The van der Waals surface area contributed by atoms with Crippen molar-refractivity contribution in [1.82, 2.24) is 15.3 Å². The summed E-state index contributed by atoms with van der Waals surface area (Å²) in [5, 5.41) is 8.81. The van der Waals surface area contributed by atoms with Crippen LogP contribution in [0.3, 0.4) is 0 Å². The van der Waals surface area contributed by atoms with Crippen LogP contribution in [0.15, 0.2) is 57.6 Å². The van der Waals surface area contributed by atoms with Gasteiger partial charge in [0.2, 0.25) is 5.82 Å². The molecule has 10 heteroatoms. The van der Waals surface area contributed by atoms with Crippen molar-refractivity contribution in [2.45, 2.75) is 4.84 Å². The van der Waals surface area contributed by atoms with Gasteiger partial charge in [0.1, 0.15) is 5.69 Å². The number of benzene rings is 2. The lowest BCUT2D eigenvalue weighted by Gasteiger charge is -2.30. The molecule has 0 saturated carbocycles. The quantitative estimate of drug-likeness (QED) is 0.316. The van der Waals surface area contributed by atoms with E-state index in [4.69, 9.17) is 48.6 Å². The van der Waals surface area contributed by atoms with Gasteiger partial charge in [0.25, 0.3) is 5.89 Å². The maximum Gasteiger partial charge on any atom is 0.260 e. The minimum atomic E-state index is -0.865. The van der Waals surface area contributed by atoms with Gasteiger partial charge in [-0.3, -0.25) is 0 Å². The number of hydrogen-bond donors (Lipinski definition) is 0. The van der Waals surface area contributed by atoms with Crippen molar-refractivity contribution in [3.63, 3.8) is 0 Å². The number of ether oxygens (including phenoxy) is 1. The molecule has 2 aromatic heterocycles. The van der Waals surface area contributed by atoms with Gasteiger partial charge in [0.05, 0.1) is 18.2 Å². The fourth-order valence-corrected chi connectivity index (χ4v) is 4.03. The van der Waals surface area contributed by atoms with Gasteiger partial charge in [0, 0.05) is 41.5 Å². The first-order valence-electron chi connectivity index (χ1n) is 9.91. The van der Waals surface area contributed by atoms with E-state index in [9.17, 15) is 0 Å². The normalized spacial score (nSPS) is 14.3. The number of anilines is 1. The molecule has 0 amide bonds. The van der Waals surface area contributed by atoms with Crippen LogP contribution < -0.4 is 4.90 Å². The summed E-state index contributed by atoms with van der Waals surface area (Å²) in [5.74, 6) is 1.18. The van der Waals surface area contributed by atoms with E-state index in [2.05, 4.69) is 20.2 Å². The van der Waals surface area contributed by atoms with Crippen molar-refractivity contribution in [2.75, 3.05) is 31.2 Å². The van der Waals surface area contributed by atoms with Crippen molar-refractivity contribution < 1.29 is 13.8 Å². The highest BCUT2D eigenvalue weighted by molar-refractivity contribution is 6.43. The van der Waals surface area contributed by atoms with Gasteiger partial charge in [-0.05, 0) is 12.1 Å². The zero-order chi connectivity index (χ0) is 22.1. The molecular weight excluding hydrogens is 475 g/mol. The molecule has 0 atom stereocenters. The summed E-state index contributed by atoms with van der Waals surface area (Å²) in [6.45, 7) is 2.96. The maximum atomic E-state index is 6.57. The number of hydrogen-bond acceptors (Lipinski definition) is 7. The Morgan fingerprint density at radius 1 is 0.906 bits per heavy atom. The van der Waals surface area contributed by atoms with Gasteiger partial charge in [-0.2, -0.15) is 4.98 Å². The summed E-state index contributed by atoms with van der Waals surface area (Å²) >= 11 is 18.1. The lowest BCUT2D eigenvalue weighted by Crippen LogP contribution is -2.36. The van der Waals surface area contributed by atoms with Crippen LogP contribution >= 0.6 is 34.8 Å². The average Bonchev–Trinajstić information content (AvgIpc) is 3.50. The SMILES string of the molecule is Clc1cccc(N2CCOCC2)c1-c1cc(-c2ccc(-c3noc(C(Cl)Cl)n3)cc2)on1. The highest BCUT2D eigenvalue weighted by Gasteiger charge is 2.21. The summed E-state index contributed by atoms with van der Waals surface area (Å²) in [6, 6.07) is 15.2. The van der Waals surface area contributed by atoms with Crippen LogP contribution in [0.4, 0.5) is 5.69 Å². The molecule has 0 aliphatic carbocycles. The van der Waals surface area contributed by atoms with Crippen LogP contribution in [0.1, 0.15) is 10.7 Å². The molecule has 1 saturated heterocycles. The molecule has 0 N–H and O–H groups in total. The molecule has 7 nitrogen and oxygen atoms in total. The highest BCUT2D eigenvalue weighted by Crippen LogP contribution is 2.38. The fourth-order valence-electron chi connectivity index (χ4n) is 3.59. The van der Waals surface area contributed by atoms with Crippen molar-refractivity contribution in [2.24, 2.45) is 0 Å². The predicted molar refractivity (Wildman–Crippen MR) is 123 cm³/mol. The summed E-state index contributed by atoms with van der Waals surface area (Å²) in [4.78, 5) is 5.57. The molecule has 4 aromatic rings. The smallest absolute Gasteiger partial charge is 0.260 e. The van der Waals surface area contributed by atoms with Crippen molar-refractivity contribution in [3.8, 4) is 34.0 Å².